The molecule has 2 heterocycles. The minimum atomic E-state index is -0.358. The molecule has 3 unspecified atom stereocenters. The normalized spacial score (nSPS) is 20.2. The van der Waals surface area contributed by atoms with Crippen LogP contribution in [0.4, 0.5) is 0 Å². The molecule has 0 saturated carbocycles. The van der Waals surface area contributed by atoms with Gasteiger partial charge in [-0.15, -0.1) is 0 Å². The average molecular weight is 612 g/mol. The lowest BCUT2D eigenvalue weighted by Crippen LogP contribution is -2.37. The Kier molecular flexibility index (Phi) is 19.6. The molecule has 1 aromatic rings. The quantitative estimate of drug-likeness (QED) is 0.0859. The second kappa shape index (κ2) is 23.5. The third-order valence-electron chi connectivity index (χ3n) is 8.75. The Balaban J connectivity index is 1.35. The Hall–Kier alpha value is -1.82. The van der Waals surface area contributed by atoms with Crippen LogP contribution >= 0.6 is 0 Å². The standard InChI is InChI=1S/C39H65NO4/c1-4-6-8-9-10-11-12-13-14-15-16-17-18-19-20-24-28-41-36-29-35(30-37(31-36)43-34(3)25-7-5-2)39-42-33-38(44-39)32-40-26-22-21-23-27-40/h10-11,13-14,29-31,34,38-39H,4-9,12,15-28,32-33H2,1-3H3/b11-10-,14-13-. The SMILES string of the molecule is CCCCC/C=C\C/C=C\CCCCCCCCOc1cc(OC(C)CCCC)cc(C2OCC(CN3CCCCC3)O2)c1. The second-order valence-electron chi connectivity index (χ2n) is 13.0. The monoisotopic (exact) mass is 611 g/mol. The number of nitrogens with zero attached hydrogens (tertiary/aromatic N) is 1. The molecule has 2 fully saturated rings. The molecule has 2 saturated heterocycles. The van der Waals surface area contributed by atoms with Crippen LogP contribution < -0.4 is 9.47 Å². The zero-order chi connectivity index (χ0) is 31.1. The largest absolute Gasteiger partial charge is 0.493 e. The number of hydrogen-bond acceptors (Lipinski definition) is 5. The van der Waals surface area contributed by atoms with Crippen LogP contribution in [0.25, 0.3) is 0 Å². The number of hydrogen-bond donors (Lipinski definition) is 0. The first-order valence-electron chi connectivity index (χ1n) is 18.4. The summed E-state index contributed by atoms with van der Waals surface area (Å²) < 4.78 is 25.1. The van der Waals surface area contributed by atoms with Crippen LogP contribution in [0.15, 0.2) is 42.5 Å². The summed E-state index contributed by atoms with van der Waals surface area (Å²) in [4.78, 5) is 2.52. The maximum atomic E-state index is 6.39. The molecule has 0 aliphatic carbocycles. The molecule has 5 heteroatoms. The van der Waals surface area contributed by atoms with E-state index in [1.807, 2.05) is 6.07 Å². The second-order valence-corrected chi connectivity index (χ2v) is 13.0. The first kappa shape index (κ1) is 36.6. The maximum absolute atomic E-state index is 6.39. The Morgan fingerprint density at radius 1 is 0.795 bits per heavy atom. The van der Waals surface area contributed by atoms with Gasteiger partial charge >= 0.3 is 0 Å². The zero-order valence-electron chi connectivity index (χ0n) is 28.6. The first-order chi connectivity index (χ1) is 21.7. The molecule has 0 radical (unpaired) electrons. The topological polar surface area (TPSA) is 40.2 Å². The van der Waals surface area contributed by atoms with Crippen LogP contribution in [0.1, 0.15) is 148 Å². The molecule has 250 valence electrons. The predicted molar refractivity (Wildman–Crippen MR) is 185 cm³/mol. The molecule has 0 amide bonds. The number of piperidine rings is 1. The number of likely N-dealkylation sites (tertiary alicyclic amines) is 1. The van der Waals surface area contributed by atoms with Crippen molar-refractivity contribution >= 4 is 0 Å². The number of unbranched alkanes of at least 4 members (excludes halogenated alkanes) is 10. The molecule has 0 bridgehead atoms. The fourth-order valence-corrected chi connectivity index (χ4v) is 6.09. The van der Waals surface area contributed by atoms with Gasteiger partial charge in [0, 0.05) is 18.2 Å². The third-order valence-corrected chi connectivity index (χ3v) is 8.75. The molecule has 3 atom stereocenters. The molecular weight excluding hydrogens is 546 g/mol. The van der Waals surface area contributed by atoms with Gasteiger partial charge in [-0.25, -0.2) is 0 Å². The van der Waals surface area contributed by atoms with Crippen molar-refractivity contribution in [3.8, 4) is 11.5 Å². The summed E-state index contributed by atoms with van der Waals surface area (Å²) in [6.07, 6.45) is 31.6. The molecule has 0 aromatic heterocycles. The Morgan fingerprint density at radius 2 is 1.48 bits per heavy atom. The lowest BCUT2D eigenvalue weighted by Gasteiger charge is -2.28. The number of allylic oxidation sites excluding steroid dienone is 4. The van der Waals surface area contributed by atoms with E-state index in [-0.39, 0.29) is 18.5 Å². The third kappa shape index (κ3) is 16.0. The van der Waals surface area contributed by atoms with E-state index in [0.717, 1.165) is 49.5 Å². The van der Waals surface area contributed by atoms with Crippen LogP contribution in [-0.4, -0.2) is 50.0 Å². The molecule has 2 aliphatic heterocycles. The van der Waals surface area contributed by atoms with Gasteiger partial charge in [0.15, 0.2) is 6.29 Å². The van der Waals surface area contributed by atoms with Crippen LogP contribution in [0.2, 0.25) is 0 Å². The fraction of sp³-hybridized carbons (Fsp3) is 0.744. The highest BCUT2D eigenvalue weighted by Crippen LogP contribution is 2.34. The van der Waals surface area contributed by atoms with E-state index in [1.165, 1.54) is 109 Å². The summed E-state index contributed by atoms with van der Waals surface area (Å²) in [7, 11) is 0. The Labute approximate surface area is 270 Å². The van der Waals surface area contributed by atoms with Crippen molar-refractivity contribution in [1.82, 2.24) is 4.90 Å². The molecule has 0 spiro atoms. The smallest absolute Gasteiger partial charge is 0.184 e. The molecular formula is C39H65NO4. The molecule has 3 rings (SSSR count). The van der Waals surface area contributed by atoms with E-state index in [1.54, 1.807) is 0 Å². The van der Waals surface area contributed by atoms with Crippen molar-refractivity contribution in [3.63, 3.8) is 0 Å². The molecule has 44 heavy (non-hydrogen) atoms. The van der Waals surface area contributed by atoms with E-state index in [0.29, 0.717) is 6.61 Å². The Morgan fingerprint density at radius 3 is 2.23 bits per heavy atom. The molecule has 2 aliphatic rings. The van der Waals surface area contributed by atoms with E-state index in [9.17, 15) is 0 Å². The molecule has 1 aromatic carbocycles. The number of ether oxygens (including phenoxy) is 4. The van der Waals surface area contributed by atoms with Crippen molar-refractivity contribution in [2.24, 2.45) is 0 Å². The van der Waals surface area contributed by atoms with Crippen molar-refractivity contribution in [1.29, 1.82) is 0 Å². The van der Waals surface area contributed by atoms with Gasteiger partial charge in [0.1, 0.15) is 11.5 Å². The van der Waals surface area contributed by atoms with Crippen molar-refractivity contribution < 1.29 is 18.9 Å². The van der Waals surface area contributed by atoms with Crippen molar-refractivity contribution in [2.75, 3.05) is 32.8 Å². The van der Waals surface area contributed by atoms with Gasteiger partial charge in [-0.2, -0.15) is 0 Å². The summed E-state index contributed by atoms with van der Waals surface area (Å²) in [5.41, 5.74) is 0.999. The average Bonchev–Trinajstić information content (AvgIpc) is 3.50. The number of benzene rings is 1. The number of rotatable bonds is 24. The van der Waals surface area contributed by atoms with Crippen LogP contribution in [0, 0.1) is 0 Å². The minimum Gasteiger partial charge on any atom is -0.493 e. The van der Waals surface area contributed by atoms with Crippen LogP contribution in [0.5, 0.6) is 11.5 Å². The summed E-state index contributed by atoms with van der Waals surface area (Å²) in [6.45, 7) is 11.3. The van der Waals surface area contributed by atoms with Crippen molar-refractivity contribution in [3.05, 3.63) is 48.1 Å². The first-order valence-corrected chi connectivity index (χ1v) is 18.4. The predicted octanol–water partition coefficient (Wildman–Crippen LogP) is 10.7. The van der Waals surface area contributed by atoms with Gasteiger partial charge in [0.05, 0.1) is 25.4 Å². The van der Waals surface area contributed by atoms with E-state index in [2.05, 4.69) is 62.1 Å². The zero-order valence-corrected chi connectivity index (χ0v) is 28.6. The van der Waals surface area contributed by atoms with Gasteiger partial charge in [-0.3, -0.25) is 0 Å². The van der Waals surface area contributed by atoms with Crippen LogP contribution in [0.3, 0.4) is 0 Å². The van der Waals surface area contributed by atoms with Gasteiger partial charge in [0.2, 0.25) is 0 Å². The highest BCUT2D eigenvalue weighted by molar-refractivity contribution is 5.39. The van der Waals surface area contributed by atoms with Crippen LogP contribution in [-0.2, 0) is 9.47 Å². The highest BCUT2D eigenvalue weighted by Gasteiger charge is 2.30. The van der Waals surface area contributed by atoms with Gasteiger partial charge in [-0.1, -0.05) is 95.9 Å². The van der Waals surface area contributed by atoms with Gasteiger partial charge < -0.3 is 23.8 Å². The summed E-state index contributed by atoms with van der Waals surface area (Å²) in [6, 6.07) is 6.22. The lowest BCUT2D eigenvalue weighted by atomic mass is 10.1. The van der Waals surface area contributed by atoms with E-state index < -0.39 is 0 Å². The maximum Gasteiger partial charge on any atom is 0.184 e. The summed E-state index contributed by atoms with van der Waals surface area (Å²) in [5, 5.41) is 0. The lowest BCUT2D eigenvalue weighted by molar-refractivity contribution is -0.0651. The van der Waals surface area contributed by atoms with E-state index >= 15 is 0 Å². The fourth-order valence-electron chi connectivity index (χ4n) is 6.09. The summed E-state index contributed by atoms with van der Waals surface area (Å²) in [5.74, 6) is 1.71. The minimum absolute atomic E-state index is 0.119. The molecule has 0 N–H and O–H groups in total. The molecule has 5 nitrogen and oxygen atoms in total. The van der Waals surface area contributed by atoms with Gasteiger partial charge in [-0.05, 0) is 89.9 Å². The van der Waals surface area contributed by atoms with E-state index in [4.69, 9.17) is 18.9 Å². The summed E-state index contributed by atoms with van der Waals surface area (Å²) >= 11 is 0. The Bertz CT molecular complexity index is 909. The highest BCUT2D eigenvalue weighted by atomic mass is 16.7. The van der Waals surface area contributed by atoms with Gasteiger partial charge in [0.25, 0.3) is 0 Å². The van der Waals surface area contributed by atoms with Crippen molar-refractivity contribution in [2.45, 2.75) is 155 Å².